The lowest BCUT2D eigenvalue weighted by Gasteiger charge is -2.09. The number of nitrogens with two attached hydrogens (primary N) is 1. The molecule has 2 N–H and O–H groups in total. The van der Waals surface area contributed by atoms with Crippen molar-refractivity contribution in [2.75, 3.05) is 14.2 Å². The molecule has 6 heteroatoms. The third-order valence-electron chi connectivity index (χ3n) is 5.54. The van der Waals surface area contributed by atoms with Crippen LogP contribution in [0.1, 0.15) is 23.6 Å². The van der Waals surface area contributed by atoms with Gasteiger partial charge in [-0.1, -0.05) is 42.5 Å². The first-order valence-corrected chi connectivity index (χ1v) is 9.65. The molecule has 5 rings (SSSR count). The predicted octanol–water partition coefficient (Wildman–Crippen LogP) is 4.03. The van der Waals surface area contributed by atoms with Crippen LogP contribution in [0.3, 0.4) is 0 Å². The molecule has 0 unspecified atom stereocenters. The summed E-state index contributed by atoms with van der Waals surface area (Å²) in [5.41, 5.74) is 13.2. The molecule has 2 heterocycles. The molecule has 1 aliphatic carbocycles. The van der Waals surface area contributed by atoms with Gasteiger partial charge in [-0.25, -0.2) is 9.50 Å². The fraction of sp³-hybridized carbons (Fsp3) is 0.217. The van der Waals surface area contributed by atoms with Crippen LogP contribution in [0.15, 0.2) is 54.6 Å². The molecular weight excluding hydrogens is 364 g/mol. The molecule has 6 nitrogen and oxygen atoms in total. The highest BCUT2D eigenvalue weighted by Gasteiger charge is 2.24. The Hall–Kier alpha value is -3.38. The molecule has 0 radical (unpaired) electrons. The molecule has 0 amide bonds. The Morgan fingerprint density at radius 1 is 1.00 bits per heavy atom. The van der Waals surface area contributed by atoms with Gasteiger partial charge in [0.05, 0.1) is 19.9 Å². The van der Waals surface area contributed by atoms with Crippen LogP contribution >= 0.6 is 0 Å². The minimum atomic E-state index is 0.125. The number of hydrogen-bond donors (Lipinski definition) is 1. The van der Waals surface area contributed by atoms with Crippen molar-refractivity contribution in [1.82, 2.24) is 14.6 Å². The summed E-state index contributed by atoms with van der Waals surface area (Å²) >= 11 is 0. The van der Waals surface area contributed by atoms with Gasteiger partial charge in [0, 0.05) is 23.2 Å². The summed E-state index contributed by atoms with van der Waals surface area (Å²) in [4.78, 5) is 4.94. The summed E-state index contributed by atoms with van der Waals surface area (Å²) in [6.45, 7) is 0. The van der Waals surface area contributed by atoms with Crippen molar-refractivity contribution in [3.05, 3.63) is 65.7 Å². The summed E-state index contributed by atoms with van der Waals surface area (Å²) in [6, 6.07) is 18.5. The van der Waals surface area contributed by atoms with Crippen LogP contribution in [-0.2, 0) is 6.42 Å². The summed E-state index contributed by atoms with van der Waals surface area (Å²) in [7, 11) is 3.22. The number of aryl methyl sites for hydroxylation is 1. The lowest BCUT2D eigenvalue weighted by atomic mass is 10.0. The Balaban J connectivity index is 1.81. The van der Waals surface area contributed by atoms with Crippen molar-refractivity contribution in [1.29, 1.82) is 0 Å². The number of fused-ring (bicyclic) bond motifs is 2. The Bertz CT molecular complexity index is 1200. The van der Waals surface area contributed by atoms with Gasteiger partial charge in [-0.15, -0.1) is 5.10 Å². The summed E-state index contributed by atoms with van der Waals surface area (Å²) in [5, 5.41) is 4.64. The summed E-state index contributed by atoms with van der Waals surface area (Å²) < 4.78 is 12.8. The number of benzene rings is 2. The lowest BCUT2D eigenvalue weighted by molar-refractivity contribution is 0.375. The fourth-order valence-corrected chi connectivity index (χ4v) is 4.08. The normalized spacial score (nSPS) is 15.5. The van der Waals surface area contributed by atoms with Gasteiger partial charge in [-0.05, 0) is 30.0 Å². The van der Waals surface area contributed by atoms with Crippen molar-refractivity contribution in [2.24, 2.45) is 5.73 Å². The molecule has 0 bridgehead atoms. The quantitative estimate of drug-likeness (QED) is 0.573. The molecule has 2 aromatic carbocycles. The van der Waals surface area contributed by atoms with Crippen LogP contribution in [-0.4, -0.2) is 28.8 Å². The molecular formula is C23H22N4O2. The molecule has 0 spiro atoms. The van der Waals surface area contributed by atoms with Gasteiger partial charge < -0.3 is 15.2 Å². The Morgan fingerprint density at radius 2 is 1.83 bits per heavy atom. The van der Waals surface area contributed by atoms with Gasteiger partial charge >= 0.3 is 0 Å². The standard InChI is InChI=1S/C23H22N4O2/c1-28-19-13-20(29-2)26-27-22(14-6-4-3-5-7-14)21(25-23(19)27)16-8-10-17-15(12-16)9-11-18(17)24/h3-8,10,12-13,18H,9,11,24H2,1-2H3/t18-/m0/s1. The Kier molecular flexibility index (Phi) is 4.21. The first kappa shape index (κ1) is 17.7. The zero-order valence-corrected chi connectivity index (χ0v) is 16.4. The average molecular weight is 386 g/mol. The van der Waals surface area contributed by atoms with E-state index < -0.39 is 0 Å². The number of imidazole rings is 1. The van der Waals surface area contributed by atoms with Crippen LogP contribution in [0.4, 0.5) is 0 Å². The average Bonchev–Trinajstić information content (AvgIpc) is 3.34. The molecule has 1 aliphatic rings. The number of aromatic nitrogens is 3. The van der Waals surface area contributed by atoms with Crippen molar-refractivity contribution >= 4 is 5.65 Å². The molecule has 2 aromatic heterocycles. The van der Waals surface area contributed by atoms with Gasteiger partial charge in [-0.2, -0.15) is 0 Å². The van der Waals surface area contributed by atoms with Crippen molar-refractivity contribution in [3.63, 3.8) is 0 Å². The highest BCUT2D eigenvalue weighted by Crippen LogP contribution is 2.38. The van der Waals surface area contributed by atoms with E-state index in [-0.39, 0.29) is 6.04 Å². The molecule has 0 saturated heterocycles. The van der Waals surface area contributed by atoms with E-state index in [1.807, 2.05) is 18.2 Å². The second kappa shape index (κ2) is 6.90. The number of methoxy groups -OCH3 is 2. The van der Waals surface area contributed by atoms with E-state index in [2.05, 4.69) is 35.4 Å². The minimum Gasteiger partial charge on any atom is -0.493 e. The predicted molar refractivity (Wildman–Crippen MR) is 112 cm³/mol. The smallest absolute Gasteiger partial charge is 0.235 e. The third kappa shape index (κ3) is 2.84. The van der Waals surface area contributed by atoms with Crippen LogP contribution in [0, 0.1) is 0 Å². The zero-order valence-electron chi connectivity index (χ0n) is 16.4. The van der Waals surface area contributed by atoms with E-state index in [4.69, 9.17) is 20.2 Å². The first-order chi connectivity index (χ1) is 14.2. The van der Waals surface area contributed by atoms with E-state index in [0.29, 0.717) is 17.3 Å². The second-order valence-electron chi connectivity index (χ2n) is 7.22. The van der Waals surface area contributed by atoms with E-state index in [0.717, 1.165) is 35.4 Å². The fourth-order valence-electron chi connectivity index (χ4n) is 4.08. The first-order valence-electron chi connectivity index (χ1n) is 9.65. The van der Waals surface area contributed by atoms with E-state index >= 15 is 0 Å². The van der Waals surface area contributed by atoms with E-state index in [9.17, 15) is 0 Å². The molecule has 146 valence electrons. The SMILES string of the molecule is COc1cc(OC)c2nc(-c3ccc4c(c3)CC[C@@H]4N)c(-c3ccccc3)n2n1. The molecule has 1 atom stereocenters. The largest absolute Gasteiger partial charge is 0.493 e. The molecule has 0 aliphatic heterocycles. The maximum Gasteiger partial charge on any atom is 0.235 e. The number of rotatable bonds is 4. The topological polar surface area (TPSA) is 74.7 Å². The molecule has 0 fully saturated rings. The van der Waals surface area contributed by atoms with Gasteiger partial charge in [-0.3, -0.25) is 0 Å². The maximum atomic E-state index is 6.23. The minimum absolute atomic E-state index is 0.125. The number of ether oxygens (including phenoxy) is 2. The summed E-state index contributed by atoms with van der Waals surface area (Å²) in [6.07, 6.45) is 1.98. The van der Waals surface area contributed by atoms with Crippen LogP contribution < -0.4 is 15.2 Å². The van der Waals surface area contributed by atoms with Gasteiger partial charge in [0.15, 0.2) is 11.4 Å². The molecule has 0 saturated carbocycles. The van der Waals surface area contributed by atoms with Crippen LogP contribution in [0.5, 0.6) is 11.6 Å². The molecule has 29 heavy (non-hydrogen) atoms. The highest BCUT2D eigenvalue weighted by atomic mass is 16.5. The van der Waals surface area contributed by atoms with E-state index in [1.165, 1.54) is 11.1 Å². The zero-order chi connectivity index (χ0) is 20.0. The lowest BCUT2D eigenvalue weighted by Crippen LogP contribution is -2.04. The Morgan fingerprint density at radius 3 is 2.59 bits per heavy atom. The third-order valence-corrected chi connectivity index (χ3v) is 5.54. The monoisotopic (exact) mass is 386 g/mol. The van der Waals surface area contributed by atoms with Crippen molar-refractivity contribution in [2.45, 2.75) is 18.9 Å². The number of nitrogens with zero attached hydrogens (tertiary/aromatic N) is 3. The second-order valence-corrected chi connectivity index (χ2v) is 7.22. The molecule has 4 aromatic rings. The van der Waals surface area contributed by atoms with Crippen molar-refractivity contribution in [3.8, 4) is 34.1 Å². The maximum absolute atomic E-state index is 6.23. The van der Waals surface area contributed by atoms with Crippen LogP contribution in [0.25, 0.3) is 28.2 Å². The van der Waals surface area contributed by atoms with E-state index in [1.54, 1.807) is 24.8 Å². The Labute approximate surface area is 168 Å². The number of hydrogen-bond acceptors (Lipinski definition) is 5. The highest BCUT2D eigenvalue weighted by molar-refractivity contribution is 5.83. The summed E-state index contributed by atoms with van der Waals surface area (Å²) in [5.74, 6) is 1.08. The van der Waals surface area contributed by atoms with Gasteiger partial charge in [0.1, 0.15) is 5.69 Å². The van der Waals surface area contributed by atoms with Gasteiger partial charge in [0.25, 0.3) is 0 Å². The van der Waals surface area contributed by atoms with Crippen LogP contribution in [0.2, 0.25) is 0 Å². The van der Waals surface area contributed by atoms with Gasteiger partial charge in [0.2, 0.25) is 5.88 Å². The van der Waals surface area contributed by atoms with Crippen molar-refractivity contribution < 1.29 is 9.47 Å².